The van der Waals surface area contributed by atoms with E-state index in [2.05, 4.69) is 5.32 Å². The Labute approximate surface area is 119 Å². The van der Waals surface area contributed by atoms with Crippen molar-refractivity contribution in [3.63, 3.8) is 0 Å². The molecule has 1 heterocycles. The van der Waals surface area contributed by atoms with Crippen LogP contribution in [0, 0.1) is 0 Å². The quantitative estimate of drug-likeness (QED) is 0.857. The fourth-order valence-electron chi connectivity index (χ4n) is 2.48. The van der Waals surface area contributed by atoms with Gasteiger partial charge in [-0.1, -0.05) is 0 Å². The van der Waals surface area contributed by atoms with E-state index in [9.17, 15) is 22.0 Å². The molecular formula is C14H17F5N2. The predicted octanol–water partition coefficient (Wildman–Crippen LogP) is 3.66. The van der Waals surface area contributed by atoms with E-state index < -0.39 is 17.7 Å². The standard InChI is InChI=1S/C14H17F5N2/c1-20-9-10-8-11(14(17,18)19)2-3-12(10)21-6-4-13(15,16)5-7-21/h2-3,8,20H,4-7,9H2,1H3. The molecule has 2 nitrogen and oxygen atoms in total. The lowest BCUT2D eigenvalue weighted by Crippen LogP contribution is -2.40. The second-order valence-corrected chi connectivity index (χ2v) is 5.21. The van der Waals surface area contributed by atoms with Crippen LogP contribution in [0.15, 0.2) is 18.2 Å². The van der Waals surface area contributed by atoms with Gasteiger partial charge in [0.2, 0.25) is 0 Å². The third-order valence-electron chi connectivity index (χ3n) is 3.61. The van der Waals surface area contributed by atoms with Crippen molar-refractivity contribution in [2.24, 2.45) is 0 Å². The van der Waals surface area contributed by atoms with E-state index in [0.717, 1.165) is 12.1 Å². The number of rotatable bonds is 3. The Morgan fingerprint density at radius 3 is 2.33 bits per heavy atom. The molecular weight excluding hydrogens is 291 g/mol. The molecule has 0 radical (unpaired) electrons. The topological polar surface area (TPSA) is 15.3 Å². The minimum atomic E-state index is -4.41. The third-order valence-corrected chi connectivity index (χ3v) is 3.61. The molecule has 0 aliphatic carbocycles. The number of benzene rings is 1. The van der Waals surface area contributed by atoms with Crippen LogP contribution in [0.3, 0.4) is 0 Å². The van der Waals surface area contributed by atoms with Gasteiger partial charge in [0.25, 0.3) is 5.92 Å². The molecule has 21 heavy (non-hydrogen) atoms. The summed E-state index contributed by atoms with van der Waals surface area (Å²) in [5, 5.41) is 2.82. The molecule has 1 aromatic carbocycles. The lowest BCUT2D eigenvalue weighted by molar-refractivity contribution is -0.137. The number of alkyl halides is 5. The molecule has 0 spiro atoms. The van der Waals surface area contributed by atoms with Crippen molar-refractivity contribution in [2.45, 2.75) is 31.5 Å². The molecule has 0 saturated carbocycles. The van der Waals surface area contributed by atoms with Gasteiger partial charge < -0.3 is 10.2 Å². The highest BCUT2D eigenvalue weighted by Gasteiger charge is 2.35. The number of hydrogen-bond acceptors (Lipinski definition) is 2. The molecule has 0 amide bonds. The van der Waals surface area contributed by atoms with Crippen molar-refractivity contribution in [2.75, 3.05) is 25.0 Å². The summed E-state index contributed by atoms with van der Waals surface area (Å²) in [5.41, 5.74) is 0.337. The molecule has 0 bridgehead atoms. The zero-order chi connectivity index (χ0) is 15.7. The summed E-state index contributed by atoms with van der Waals surface area (Å²) < 4.78 is 64.6. The number of nitrogens with one attached hydrogen (secondary N) is 1. The minimum Gasteiger partial charge on any atom is -0.371 e. The van der Waals surface area contributed by atoms with Gasteiger partial charge in [0.05, 0.1) is 5.56 Å². The van der Waals surface area contributed by atoms with Crippen molar-refractivity contribution in [1.82, 2.24) is 5.32 Å². The van der Waals surface area contributed by atoms with E-state index in [-0.39, 0.29) is 32.5 Å². The van der Waals surface area contributed by atoms with Crippen LogP contribution in [0.1, 0.15) is 24.0 Å². The average Bonchev–Trinajstić information content (AvgIpc) is 2.38. The molecule has 7 heteroatoms. The first kappa shape index (κ1) is 16.0. The van der Waals surface area contributed by atoms with Gasteiger partial charge in [-0.05, 0) is 30.8 Å². The van der Waals surface area contributed by atoms with Crippen LogP contribution < -0.4 is 10.2 Å². The molecule has 1 saturated heterocycles. The summed E-state index contributed by atoms with van der Waals surface area (Å²) in [7, 11) is 1.63. The Morgan fingerprint density at radius 2 is 1.81 bits per heavy atom. The maximum Gasteiger partial charge on any atom is 0.416 e. The molecule has 1 N–H and O–H groups in total. The minimum absolute atomic E-state index is 0.148. The Hall–Kier alpha value is -1.37. The fourth-order valence-corrected chi connectivity index (χ4v) is 2.48. The van der Waals surface area contributed by atoms with Gasteiger partial charge in [0.15, 0.2) is 0 Å². The van der Waals surface area contributed by atoms with Crippen molar-refractivity contribution < 1.29 is 22.0 Å². The van der Waals surface area contributed by atoms with Crippen LogP contribution in [0.25, 0.3) is 0 Å². The smallest absolute Gasteiger partial charge is 0.371 e. The van der Waals surface area contributed by atoms with Crippen LogP contribution in [0.2, 0.25) is 0 Å². The molecule has 0 unspecified atom stereocenters. The normalized spacial score (nSPS) is 18.9. The zero-order valence-corrected chi connectivity index (χ0v) is 11.6. The van der Waals surface area contributed by atoms with E-state index in [4.69, 9.17) is 0 Å². The number of halogens is 5. The number of anilines is 1. The highest BCUT2D eigenvalue weighted by atomic mass is 19.4. The fraction of sp³-hybridized carbons (Fsp3) is 0.571. The zero-order valence-electron chi connectivity index (χ0n) is 11.6. The van der Waals surface area contributed by atoms with Crippen molar-refractivity contribution in [3.05, 3.63) is 29.3 Å². The van der Waals surface area contributed by atoms with E-state index in [1.54, 1.807) is 11.9 Å². The summed E-state index contributed by atoms with van der Waals surface area (Å²) in [6.45, 7) is 0.552. The largest absolute Gasteiger partial charge is 0.416 e. The van der Waals surface area contributed by atoms with Crippen LogP contribution in [0.5, 0.6) is 0 Å². The van der Waals surface area contributed by atoms with Gasteiger partial charge in [-0.3, -0.25) is 0 Å². The van der Waals surface area contributed by atoms with Gasteiger partial charge in [-0.25, -0.2) is 8.78 Å². The summed E-state index contributed by atoms with van der Waals surface area (Å²) in [5.74, 6) is -2.68. The second kappa shape index (κ2) is 5.79. The summed E-state index contributed by atoms with van der Waals surface area (Å²) in [6, 6.07) is 3.46. The van der Waals surface area contributed by atoms with Gasteiger partial charge in [-0.15, -0.1) is 0 Å². The lowest BCUT2D eigenvalue weighted by atomic mass is 10.0. The molecule has 1 aromatic rings. The second-order valence-electron chi connectivity index (χ2n) is 5.21. The van der Waals surface area contributed by atoms with E-state index in [1.165, 1.54) is 6.07 Å². The molecule has 1 aliphatic heterocycles. The first-order chi connectivity index (χ1) is 9.73. The molecule has 1 fully saturated rings. The summed E-state index contributed by atoms with van der Waals surface area (Å²) in [6.07, 6.45) is -4.95. The highest BCUT2D eigenvalue weighted by Crippen LogP contribution is 2.35. The number of piperidine rings is 1. The first-order valence-electron chi connectivity index (χ1n) is 6.70. The van der Waals surface area contributed by atoms with E-state index in [1.807, 2.05) is 0 Å². The Kier molecular flexibility index (Phi) is 4.41. The number of nitrogens with zero attached hydrogens (tertiary/aromatic N) is 1. The number of hydrogen-bond donors (Lipinski definition) is 1. The summed E-state index contributed by atoms with van der Waals surface area (Å²) in [4.78, 5) is 1.73. The van der Waals surface area contributed by atoms with Crippen molar-refractivity contribution in [1.29, 1.82) is 0 Å². The van der Waals surface area contributed by atoms with E-state index >= 15 is 0 Å². The Balaban J connectivity index is 2.27. The highest BCUT2D eigenvalue weighted by molar-refractivity contribution is 5.56. The van der Waals surface area contributed by atoms with Crippen LogP contribution >= 0.6 is 0 Å². The monoisotopic (exact) mass is 308 g/mol. The van der Waals surface area contributed by atoms with Crippen LogP contribution in [-0.2, 0) is 12.7 Å². The maximum atomic E-state index is 13.2. The molecule has 0 aromatic heterocycles. The average molecular weight is 308 g/mol. The van der Waals surface area contributed by atoms with Gasteiger partial charge in [0.1, 0.15) is 0 Å². The van der Waals surface area contributed by atoms with Gasteiger partial charge in [-0.2, -0.15) is 13.2 Å². The molecule has 1 aliphatic rings. The SMILES string of the molecule is CNCc1cc(C(F)(F)F)ccc1N1CCC(F)(F)CC1. The van der Waals surface area contributed by atoms with Crippen LogP contribution in [-0.4, -0.2) is 26.1 Å². The van der Waals surface area contributed by atoms with Gasteiger partial charge >= 0.3 is 6.18 Å². The summed E-state index contributed by atoms with van der Waals surface area (Å²) >= 11 is 0. The molecule has 2 rings (SSSR count). The Morgan fingerprint density at radius 1 is 1.19 bits per heavy atom. The lowest BCUT2D eigenvalue weighted by Gasteiger charge is -2.34. The third kappa shape index (κ3) is 3.84. The first-order valence-corrected chi connectivity index (χ1v) is 6.70. The Bertz CT molecular complexity index is 489. The predicted molar refractivity (Wildman–Crippen MR) is 70.6 cm³/mol. The van der Waals surface area contributed by atoms with Crippen molar-refractivity contribution in [3.8, 4) is 0 Å². The maximum absolute atomic E-state index is 13.2. The molecule has 0 atom stereocenters. The van der Waals surface area contributed by atoms with E-state index in [0.29, 0.717) is 11.3 Å². The van der Waals surface area contributed by atoms with Gasteiger partial charge in [0, 0.05) is 38.2 Å². The van der Waals surface area contributed by atoms with Crippen molar-refractivity contribution >= 4 is 5.69 Å². The molecule has 118 valence electrons. The van der Waals surface area contributed by atoms with Crippen LogP contribution in [0.4, 0.5) is 27.6 Å².